The van der Waals surface area contributed by atoms with Gasteiger partial charge in [-0.1, -0.05) is 187 Å². The van der Waals surface area contributed by atoms with Crippen molar-refractivity contribution in [2.75, 3.05) is 0 Å². The minimum atomic E-state index is -2.00. The van der Waals surface area contributed by atoms with E-state index in [-0.39, 0.29) is 10.8 Å². The lowest BCUT2D eigenvalue weighted by Gasteiger charge is -2.26. The van der Waals surface area contributed by atoms with E-state index in [1.54, 1.807) is 11.8 Å². The van der Waals surface area contributed by atoms with E-state index in [9.17, 15) is 0 Å². The van der Waals surface area contributed by atoms with Gasteiger partial charge < -0.3 is 25.8 Å². The van der Waals surface area contributed by atoms with Crippen molar-refractivity contribution in [2.45, 2.75) is 75.0 Å². The van der Waals surface area contributed by atoms with Gasteiger partial charge in [0.25, 0.3) is 0 Å². The molecule has 2 heterocycles. The molecule has 0 fully saturated rings. The summed E-state index contributed by atoms with van der Waals surface area (Å²) in [4.78, 5) is 1.81. The van der Waals surface area contributed by atoms with E-state index in [1.165, 1.54) is 11.1 Å². The van der Waals surface area contributed by atoms with Crippen molar-refractivity contribution in [1.29, 1.82) is 0 Å². The first kappa shape index (κ1) is 45.1. The van der Waals surface area contributed by atoms with Crippen molar-refractivity contribution in [3.05, 3.63) is 193 Å². The predicted octanol–water partition coefficient (Wildman–Crippen LogP) is 20.7. The molecule has 9 heteroatoms. The Labute approximate surface area is 418 Å². The van der Waals surface area contributed by atoms with Crippen molar-refractivity contribution in [2.24, 2.45) is 0 Å². The average Bonchev–Trinajstić information content (AvgIpc) is 3.67. The summed E-state index contributed by atoms with van der Waals surface area (Å²) in [6.45, 7) is 13.6. The molecule has 0 aliphatic heterocycles. The summed E-state index contributed by atoms with van der Waals surface area (Å²) in [6.07, 6.45) is 1.90. The van der Waals surface area contributed by atoms with Crippen LogP contribution in [0.5, 0.6) is 11.5 Å². The first-order valence-corrected chi connectivity index (χ1v) is 27.3. The van der Waals surface area contributed by atoms with Crippen LogP contribution in [0.25, 0.3) is 87.0 Å². The molecule has 0 atom stereocenters. The third-order valence-electron chi connectivity index (χ3n) is 14.5. The Balaban J connectivity index is 1.04. The van der Waals surface area contributed by atoms with Crippen molar-refractivity contribution < 1.29 is 25.8 Å². The maximum atomic E-state index is 7.06. The molecule has 0 bridgehead atoms. The highest BCUT2D eigenvalue weighted by Crippen LogP contribution is 2.50. The third-order valence-corrected chi connectivity index (χ3v) is 17.7. The second-order valence-corrected chi connectivity index (χ2v) is 22.6. The highest BCUT2D eigenvalue weighted by atomic mass is 32.2. The fraction of sp³-hybridized carbons (Fsp3) is 0.161. The molecule has 0 saturated heterocycles. The summed E-state index contributed by atoms with van der Waals surface area (Å²) in [5, 5.41) is 12.8. The van der Waals surface area contributed by atoms with Crippen LogP contribution in [0.3, 0.4) is 0 Å². The normalized spacial score (nSPS) is 12.3. The number of hydrogen-bond acceptors (Lipinski definition) is 7. The molecule has 0 aliphatic rings. The van der Waals surface area contributed by atoms with Gasteiger partial charge in [0.2, 0.25) is 0 Å². The molecule has 352 valence electrons. The van der Waals surface area contributed by atoms with Gasteiger partial charge in [0, 0.05) is 21.5 Å². The second-order valence-electron chi connectivity index (χ2n) is 19.5. The summed E-state index contributed by atoms with van der Waals surface area (Å²) < 4.78 is 41.8. The maximum absolute atomic E-state index is 7.06. The SMILES string of the molecule is CCC(C)(C)c1ccc(Op2oc3ccc4ccccc4c3c3c(ccc4ccccc43)o2)c(Sc2cc(C(C)(C)CC)ccc2Op2oc3ccc4ccccc4c3c3c(ccc4ccccc43)o2)c1. The topological polar surface area (TPSA) is 71.0 Å². The molecule has 0 saturated carbocycles. The van der Waals surface area contributed by atoms with E-state index in [1.807, 2.05) is 24.3 Å². The largest absolute Gasteiger partial charge is 0.453 e. The second kappa shape index (κ2) is 18.0. The van der Waals surface area contributed by atoms with Crippen LogP contribution in [0.2, 0.25) is 0 Å². The zero-order valence-electron chi connectivity index (χ0n) is 40.5. The minimum absolute atomic E-state index is 0.111. The number of fused-ring (bicyclic) bond motifs is 14. The molecule has 0 N–H and O–H groups in total. The van der Waals surface area contributed by atoms with E-state index in [0.29, 0.717) is 33.8 Å². The number of hydrogen-bond donors (Lipinski definition) is 0. The Bertz CT molecular complexity index is 3690. The summed E-state index contributed by atoms with van der Waals surface area (Å²) >= 11 is 1.61. The zero-order chi connectivity index (χ0) is 48.4. The summed E-state index contributed by atoms with van der Waals surface area (Å²) in [7, 11) is -4.00. The van der Waals surface area contributed by atoms with Gasteiger partial charge in [0.05, 0.1) is 9.79 Å². The lowest BCUT2D eigenvalue weighted by molar-refractivity contribution is 0.484. The lowest BCUT2D eigenvalue weighted by Crippen LogP contribution is -2.15. The van der Waals surface area contributed by atoms with Gasteiger partial charge in [-0.2, -0.15) is 0 Å². The summed E-state index contributed by atoms with van der Waals surface area (Å²) in [5.74, 6) is 1.28. The van der Waals surface area contributed by atoms with Gasteiger partial charge in [0.15, 0.2) is 11.5 Å². The highest BCUT2D eigenvalue weighted by Gasteiger charge is 2.26. The number of benzene rings is 10. The van der Waals surface area contributed by atoms with E-state index in [4.69, 9.17) is 25.8 Å². The first-order valence-electron chi connectivity index (χ1n) is 24.3. The molecule has 0 aliphatic carbocycles. The maximum Gasteiger partial charge on any atom is 0.453 e. The van der Waals surface area contributed by atoms with E-state index < -0.39 is 16.5 Å². The van der Waals surface area contributed by atoms with Gasteiger partial charge in [-0.15, -0.1) is 0 Å². The fourth-order valence-electron chi connectivity index (χ4n) is 9.63. The molecular formula is C62H52O6P2S. The van der Waals surface area contributed by atoms with Gasteiger partial charge in [-0.3, -0.25) is 0 Å². The summed E-state index contributed by atoms with van der Waals surface area (Å²) in [6, 6.07) is 63.4. The Morgan fingerprint density at radius 2 is 0.676 bits per heavy atom. The molecule has 6 nitrogen and oxygen atoms in total. The monoisotopic (exact) mass is 986 g/mol. The smallest absolute Gasteiger partial charge is 0.390 e. The molecule has 2 aromatic heterocycles. The van der Waals surface area contributed by atoms with Crippen LogP contribution in [-0.4, -0.2) is 0 Å². The Morgan fingerprint density at radius 3 is 0.972 bits per heavy atom. The first-order chi connectivity index (χ1) is 34.5. The molecule has 0 unspecified atom stereocenters. The molecule has 71 heavy (non-hydrogen) atoms. The Kier molecular flexibility index (Phi) is 11.4. The number of rotatable bonds is 10. The predicted molar refractivity (Wildman–Crippen MR) is 298 cm³/mol. The van der Waals surface area contributed by atoms with Crippen LogP contribution in [-0.2, 0) is 10.8 Å². The van der Waals surface area contributed by atoms with E-state index in [2.05, 4.69) is 199 Å². The van der Waals surface area contributed by atoms with Crippen LogP contribution in [0.15, 0.2) is 209 Å². The molecule has 10 aromatic carbocycles. The quantitative estimate of drug-likeness (QED) is 0.135. The molecule has 12 rings (SSSR count). The molecular weight excluding hydrogens is 935 g/mol. The van der Waals surface area contributed by atoms with Gasteiger partial charge >= 0.3 is 16.5 Å². The van der Waals surface area contributed by atoms with Gasteiger partial charge in [0.1, 0.15) is 22.3 Å². The van der Waals surface area contributed by atoms with Crippen LogP contribution < -0.4 is 9.05 Å². The lowest BCUT2D eigenvalue weighted by atomic mass is 9.82. The van der Waals surface area contributed by atoms with E-state index >= 15 is 0 Å². The molecule has 0 amide bonds. The van der Waals surface area contributed by atoms with Crippen LogP contribution in [0.4, 0.5) is 0 Å². The van der Waals surface area contributed by atoms with Crippen LogP contribution in [0, 0.1) is 0 Å². The van der Waals surface area contributed by atoms with E-state index in [0.717, 1.165) is 87.3 Å². The zero-order valence-corrected chi connectivity index (χ0v) is 43.1. The average molecular weight is 987 g/mol. The van der Waals surface area contributed by atoms with Crippen molar-refractivity contribution in [3.8, 4) is 11.5 Å². The van der Waals surface area contributed by atoms with Crippen LogP contribution in [0.1, 0.15) is 65.5 Å². The van der Waals surface area contributed by atoms with Crippen LogP contribution >= 0.6 is 28.2 Å². The van der Waals surface area contributed by atoms with Gasteiger partial charge in [-0.05, 0) is 126 Å². The highest BCUT2D eigenvalue weighted by molar-refractivity contribution is 7.99. The van der Waals surface area contributed by atoms with Crippen molar-refractivity contribution in [1.82, 2.24) is 0 Å². The van der Waals surface area contributed by atoms with Gasteiger partial charge in [-0.25, -0.2) is 0 Å². The fourth-order valence-corrected chi connectivity index (χ4v) is 12.9. The standard InChI is InChI=1S/C62H52O6P2S/c1-7-61(3,4)43-29-35-49(63-69-65-51-31-25-39-17-9-13-21-45(39)57(51)58-46-22-14-10-18-40(46)26-32-52(58)66-69)55(37-43)71-56-38-44(62(5,6)8-2)30-36-50(56)64-70-67-53-33-27-41-19-11-15-23-47(41)59(53)60-48-24-16-12-20-42(48)28-34-54(60)68-70/h9-38H,7-8H2,1-6H3. The molecule has 0 radical (unpaired) electrons. The van der Waals surface area contributed by atoms with Crippen molar-refractivity contribution in [3.63, 3.8) is 0 Å². The Hall–Kier alpha value is -7.01. The molecule has 0 spiro atoms. The third kappa shape index (κ3) is 8.20. The summed E-state index contributed by atoms with van der Waals surface area (Å²) in [5.41, 5.74) is 5.01. The molecule has 12 aromatic rings. The van der Waals surface area contributed by atoms with Crippen molar-refractivity contribution >= 4 is 115 Å². The minimum Gasteiger partial charge on any atom is -0.390 e. The Morgan fingerprint density at radius 1 is 0.380 bits per heavy atom.